The van der Waals surface area contributed by atoms with Crippen molar-refractivity contribution in [3.63, 3.8) is 0 Å². The standard InChI is InChI=1S/C23H32N2O5S/c1-18(2)30-22-9-5-7-19(15-22)8-6-14-24-23(26)17-29-21-12-10-20(11-13-21)16-25(3)31(4,27)28/h5,7,9-13,15,18H,6,8,14,16-17H2,1-4H3,(H,24,26). The van der Waals surface area contributed by atoms with E-state index in [1.165, 1.54) is 23.2 Å². The zero-order valence-electron chi connectivity index (χ0n) is 18.6. The lowest BCUT2D eigenvalue weighted by molar-refractivity contribution is -0.123. The van der Waals surface area contributed by atoms with Crippen LogP contribution in [-0.2, 0) is 27.8 Å². The highest BCUT2D eigenvalue weighted by molar-refractivity contribution is 7.88. The predicted molar refractivity (Wildman–Crippen MR) is 122 cm³/mol. The van der Waals surface area contributed by atoms with Gasteiger partial charge in [-0.25, -0.2) is 12.7 Å². The number of benzene rings is 2. The van der Waals surface area contributed by atoms with Crippen LogP contribution in [-0.4, -0.2) is 51.2 Å². The van der Waals surface area contributed by atoms with E-state index in [9.17, 15) is 13.2 Å². The number of nitrogens with one attached hydrogen (secondary N) is 1. The van der Waals surface area contributed by atoms with Gasteiger partial charge >= 0.3 is 0 Å². The van der Waals surface area contributed by atoms with E-state index in [2.05, 4.69) is 11.4 Å². The molecule has 0 unspecified atom stereocenters. The molecular formula is C23H32N2O5S. The van der Waals surface area contributed by atoms with Gasteiger partial charge in [0.05, 0.1) is 12.4 Å². The van der Waals surface area contributed by atoms with Crippen LogP contribution in [0.1, 0.15) is 31.4 Å². The second kappa shape index (κ2) is 11.7. The molecule has 0 saturated carbocycles. The van der Waals surface area contributed by atoms with E-state index in [0.29, 0.717) is 12.3 Å². The molecule has 0 radical (unpaired) electrons. The van der Waals surface area contributed by atoms with Crippen molar-refractivity contribution in [2.24, 2.45) is 0 Å². The van der Waals surface area contributed by atoms with E-state index in [0.717, 1.165) is 24.2 Å². The summed E-state index contributed by atoms with van der Waals surface area (Å²) in [5, 5.41) is 2.86. The van der Waals surface area contributed by atoms with Crippen molar-refractivity contribution in [1.29, 1.82) is 0 Å². The van der Waals surface area contributed by atoms with Crippen LogP contribution in [0.15, 0.2) is 48.5 Å². The molecule has 170 valence electrons. The summed E-state index contributed by atoms with van der Waals surface area (Å²) in [4.78, 5) is 12.0. The van der Waals surface area contributed by atoms with Gasteiger partial charge in [-0.2, -0.15) is 0 Å². The molecule has 31 heavy (non-hydrogen) atoms. The van der Waals surface area contributed by atoms with E-state index in [4.69, 9.17) is 9.47 Å². The Kier molecular flexibility index (Phi) is 9.33. The summed E-state index contributed by atoms with van der Waals surface area (Å²) in [5.41, 5.74) is 2.01. The summed E-state index contributed by atoms with van der Waals surface area (Å²) < 4.78 is 35.4. The molecule has 0 fully saturated rings. The summed E-state index contributed by atoms with van der Waals surface area (Å²) in [6.45, 7) is 4.77. The highest BCUT2D eigenvalue weighted by Crippen LogP contribution is 2.16. The Morgan fingerprint density at radius 1 is 1.06 bits per heavy atom. The third-order valence-corrected chi connectivity index (χ3v) is 5.76. The number of aryl methyl sites for hydroxylation is 1. The van der Waals surface area contributed by atoms with Crippen molar-refractivity contribution >= 4 is 15.9 Å². The van der Waals surface area contributed by atoms with Gasteiger partial charge in [0.25, 0.3) is 5.91 Å². The van der Waals surface area contributed by atoms with E-state index in [-0.39, 0.29) is 25.2 Å². The second-order valence-electron chi connectivity index (χ2n) is 7.72. The van der Waals surface area contributed by atoms with E-state index in [1.54, 1.807) is 24.3 Å². The normalized spacial score (nSPS) is 11.5. The van der Waals surface area contributed by atoms with E-state index in [1.807, 2.05) is 32.0 Å². The Balaban J connectivity index is 1.68. The van der Waals surface area contributed by atoms with Gasteiger partial charge in [-0.05, 0) is 62.1 Å². The summed E-state index contributed by atoms with van der Waals surface area (Å²) in [6, 6.07) is 15.0. The maximum atomic E-state index is 12.0. The van der Waals surface area contributed by atoms with Crippen LogP contribution in [0.5, 0.6) is 11.5 Å². The lowest BCUT2D eigenvalue weighted by Crippen LogP contribution is -2.29. The summed E-state index contributed by atoms with van der Waals surface area (Å²) >= 11 is 0. The van der Waals surface area contributed by atoms with Crippen molar-refractivity contribution < 1.29 is 22.7 Å². The third-order valence-electron chi connectivity index (χ3n) is 4.50. The minimum atomic E-state index is -3.23. The number of nitrogens with zero attached hydrogens (tertiary/aromatic N) is 1. The summed E-state index contributed by atoms with van der Waals surface area (Å²) in [6.07, 6.45) is 2.97. The van der Waals surface area contributed by atoms with Gasteiger partial charge in [0, 0.05) is 20.1 Å². The molecule has 0 saturated heterocycles. The summed E-state index contributed by atoms with van der Waals surface area (Å²) in [7, 11) is -1.70. The average molecular weight is 449 g/mol. The van der Waals surface area contributed by atoms with Crippen LogP contribution in [0, 0.1) is 0 Å². The number of carbonyl (C=O) groups excluding carboxylic acids is 1. The topological polar surface area (TPSA) is 84.9 Å². The Morgan fingerprint density at radius 3 is 2.42 bits per heavy atom. The molecule has 0 aliphatic heterocycles. The molecule has 0 aliphatic rings. The maximum absolute atomic E-state index is 12.0. The Bertz CT molecular complexity index is 943. The molecule has 0 aromatic heterocycles. The molecule has 2 aromatic rings. The number of hydrogen-bond acceptors (Lipinski definition) is 5. The largest absolute Gasteiger partial charge is 0.491 e. The highest BCUT2D eigenvalue weighted by Gasteiger charge is 2.11. The molecule has 0 bridgehead atoms. The predicted octanol–water partition coefficient (Wildman–Crippen LogP) is 2.99. The van der Waals surface area contributed by atoms with Gasteiger partial charge in [-0.1, -0.05) is 24.3 Å². The minimum absolute atomic E-state index is 0.0691. The van der Waals surface area contributed by atoms with Crippen molar-refractivity contribution in [3.05, 3.63) is 59.7 Å². The number of sulfonamides is 1. The fourth-order valence-corrected chi connectivity index (χ4v) is 3.22. The smallest absolute Gasteiger partial charge is 0.257 e. The van der Waals surface area contributed by atoms with Gasteiger partial charge in [0.2, 0.25) is 10.0 Å². The van der Waals surface area contributed by atoms with Crippen LogP contribution < -0.4 is 14.8 Å². The van der Waals surface area contributed by atoms with Crippen LogP contribution in [0.3, 0.4) is 0 Å². The van der Waals surface area contributed by atoms with Crippen LogP contribution in [0.25, 0.3) is 0 Å². The van der Waals surface area contributed by atoms with Crippen molar-refractivity contribution in [2.45, 2.75) is 39.3 Å². The molecule has 1 N–H and O–H groups in total. The molecule has 0 atom stereocenters. The molecule has 2 aromatic carbocycles. The van der Waals surface area contributed by atoms with Crippen LogP contribution >= 0.6 is 0 Å². The van der Waals surface area contributed by atoms with Gasteiger partial charge in [0.1, 0.15) is 11.5 Å². The zero-order valence-corrected chi connectivity index (χ0v) is 19.4. The second-order valence-corrected chi connectivity index (χ2v) is 9.81. The quantitative estimate of drug-likeness (QED) is 0.505. The zero-order chi connectivity index (χ0) is 22.9. The lowest BCUT2D eigenvalue weighted by Gasteiger charge is -2.14. The first-order valence-electron chi connectivity index (χ1n) is 10.3. The third kappa shape index (κ3) is 9.40. The van der Waals surface area contributed by atoms with Gasteiger partial charge in [0.15, 0.2) is 6.61 Å². The fourth-order valence-electron chi connectivity index (χ4n) is 2.83. The fraction of sp³-hybridized carbons (Fsp3) is 0.435. The molecule has 0 heterocycles. The maximum Gasteiger partial charge on any atom is 0.257 e. The average Bonchev–Trinajstić information content (AvgIpc) is 2.70. The van der Waals surface area contributed by atoms with Crippen molar-refractivity contribution in [1.82, 2.24) is 9.62 Å². The number of rotatable bonds is 12. The van der Waals surface area contributed by atoms with Gasteiger partial charge in [-0.3, -0.25) is 4.79 Å². The van der Waals surface area contributed by atoms with Gasteiger partial charge < -0.3 is 14.8 Å². The summed E-state index contributed by atoms with van der Waals surface area (Å²) in [5.74, 6) is 1.24. The van der Waals surface area contributed by atoms with E-state index >= 15 is 0 Å². The van der Waals surface area contributed by atoms with Crippen molar-refractivity contribution in [2.75, 3.05) is 26.5 Å². The van der Waals surface area contributed by atoms with Crippen LogP contribution in [0.2, 0.25) is 0 Å². The van der Waals surface area contributed by atoms with E-state index < -0.39 is 10.0 Å². The lowest BCUT2D eigenvalue weighted by atomic mass is 10.1. The Hall–Kier alpha value is -2.58. The SMILES string of the molecule is CC(C)Oc1cccc(CCCNC(=O)COc2ccc(CN(C)S(C)(=O)=O)cc2)c1. The Labute approximate surface area is 185 Å². The number of hydrogen-bond donors (Lipinski definition) is 1. The molecule has 7 nitrogen and oxygen atoms in total. The van der Waals surface area contributed by atoms with Crippen molar-refractivity contribution in [3.8, 4) is 11.5 Å². The number of ether oxygens (including phenoxy) is 2. The first-order chi connectivity index (χ1) is 14.6. The Morgan fingerprint density at radius 2 is 1.77 bits per heavy atom. The molecule has 0 aliphatic carbocycles. The molecular weight excluding hydrogens is 416 g/mol. The minimum Gasteiger partial charge on any atom is -0.491 e. The first-order valence-corrected chi connectivity index (χ1v) is 12.1. The number of amides is 1. The molecule has 1 amide bonds. The monoisotopic (exact) mass is 448 g/mol. The first kappa shape index (κ1) is 24.7. The molecule has 8 heteroatoms. The molecule has 0 spiro atoms. The van der Waals surface area contributed by atoms with Crippen LogP contribution in [0.4, 0.5) is 0 Å². The number of carbonyl (C=O) groups is 1. The molecule has 2 rings (SSSR count). The highest BCUT2D eigenvalue weighted by atomic mass is 32.2. The van der Waals surface area contributed by atoms with Gasteiger partial charge in [-0.15, -0.1) is 0 Å².